The number of alkyl carbamates (subject to hydrolysis) is 2. The van der Waals surface area contributed by atoms with Gasteiger partial charge >= 0.3 is 12.2 Å². The molecule has 4 N–H and O–H groups in total. The highest BCUT2D eigenvalue weighted by Gasteiger charge is 2.39. The van der Waals surface area contributed by atoms with Crippen LogP contribution < -0.4 is 20.9 Å². The number of rotatable bonds is 13. The van der Waals surface area contributed by atoms with Crippen LogP contribution in [-0.4, -0.2) is 94.8 Å². The van der Waals surface area contributed by atoms with Crippen molar-refractivity contribution >= 4 is 35.6 Å². The molecule has 2 fully saturated rings. The lowest BCUT2D eigenvalue weighted by Crippen LogP contribution is -2.56. The van der Waals surface area contributed by atoms with Crippen molar-refractivity contribution in [2.24, 2.45) is 11.8 Å². The number of amides is 5. The molecule has 0 unspecified atom stereocenters. The van der Waals surface area contributed by atoms with E-state index in [1.54, 1.807) is 23.2 Å². The van der Waals surface area contributed by atoms with Gasteiger partial charge in [-0.3, -0.25) is 14.4 Å². The second-order valence-electron chi connectivity index (χ2n) is 19.1. The largest absolute Gasteiger partial charge is 0.453 e. The summed E-state index contributed by atoms with van der Waals surface area (Å²) >= 11 is 0. The summed E-state index contributed by atoms with van der Waals surface area (Å²) in [6, 6.07) is 25.9. The van der Waals surface area contributed by atoms with Gasteiger partial charge in [0.15, 0.2) is 0 Å². The van der Waals surface area contributed by atoms with Crippen LogP contribution in [0.5, 0.6) is 0 Å². The van der Waals surface area contributed by atoms with Gasteiger partial charge in [0.2, 0.25) is 5.91 Å². The number of imide groups is 1. The summed E-state index contributed by atoms with van der Waals surface area (Å²) in [5, 5.41) is 8.58. The predicted octanol–water partition coefficient (Wildman–Crippen LogP) is 8.54. The lowest BCUT2D eigenvalue weighted by molar-refractivity contribution is -0.135. The van der Waals surface area contributed by atoms with E-state index in [0.717, 1.165) is 58.7 Å². The Morgan fingerprint density at radius 3 is 1.84 bits per heavy atom. The number of benzene rings is 3. The van der Waals surface area contributed by atoms with E-state index in [1.807, 2.05) is 39.8 Å². The normalized spacial score (nSPS) is 17.0. The number of carbonyl (C=O) groups excluding carboxylic acids is 5. The van der Waals surface area contributed by atoms with Gasteiger partial charge in [-0.1, -0.05) is 97.0 Å². The molecule has 5 aromatic rings. The summed E-state index contributed by atoms with van der Waals surface area (Å²) in [7, 11) is 2.52. The monoisotopic (exact) mass is 912 g/mol. The molecule has 0 spiro atoms. The highest BCUT2D eigenvalue weighted by Crippen LogP contribution is 2.37. The third-order valence-corrected chi connectivity index (χ3v) is 12.8. The summed E-state index contributed by atoms with van der Waals surface area (Å²) in [5.74, 6) is -0.829. The van der Waals surface area contributed by atoms with Gasteiger partial charge in [-0.2, -0.15) is 0 Å². The number of nitrogens with zero attached hydrogens (tertiary/aromatic N) is 4. The van der Waals surface area contributed by atoms with Gasteiger partial charge in [0.05, 0.1) is 55.3 Å². The third kappa shape index (κ3) is 10.5. The van der Waals surface area contributed by atoms with Crippen LogP contribution in [0.25, 0.3) is 39.5 Å². The second kappa shape index (κ2) is 20.4. The molecule has 7 rings (SSSR count). The Kier molecular flexibility index (Phi) is 14.7. The average molecular weight is 913 g/mol. The van der Waals surface area contributed by atoms with Crippen LogP contribution in [0.15, 0.2) is 91.1 Å². The summed E-state index contributed by atoms with van der Waals surface area (Å²) in [6.45, 7) is 15.2. The highest BCUT2D eigenvalue weighted by molar-refractivity contribution is 6.18. The zero-order valence-electron chi connectivity index (χ0n) is 40.0. The molecule has 0 bridgehead atoms. The zero-order chi connectivity index (χ0) is 48.2. The first-order valence-corrected chi connectivity index (χ1v) is 23.2. The molecule has 15 nitrogen and oxygen atoms in total. The molecule has 0 radical (unpaired) electrons. The molecule has 67 heavy (non-hydrogen) atoms. The Morgan fingerprint density at radius 2 is 1.30 bits per heavy atom. The minimum atomic E-state index is -0.996. The maximum atomic E-state index is 14.2. The van der Waals surface area contributed by atoms with Gasteiger partial charge in [0.25, 0.3) is 11.8 Å². The number of imidazole rings is 1. The van der Waals surface area contributed by atoms with E-state index in [0.29, 0.717) is 31.0 Å². The van der Waals surface area contributed by atoms with E-state index in [4.69, 9.17) is 14.5 Å². The smallest absolute Gasteiger partial charge is 0.407 e. The van der Waals surface area contributed by atoms with Crippen LogP contribution >= 0.6 is 0 Å². The van der Waals surface area contributed by atoms with Gasteiger partial charge in [-0.05, 0) is 108 Å². The molecule has 2 aliphatic heterocycles. The van der Waals surface area contributed by atoms with E-state index in [9.17, 15) is 24.0 Å². The summed E-state index contributed by atoms with van der Waals surface area (Å²) in [5.41, 5.74) is 7.96. The second-order valence-corrected chi connectivity index (χ2v) is 19.1. The van der Waals surface area contributed by atoms with E-state index in [2.05, 4.69) is 107 Å². The van der Waals surface area contributed by atoms with Crippen molar-refractivity contribution in [2.45, 2.75) is 104 Å². The van der Waals surface area contributed by atoms with Gasteiger partial charge in [-0.15, -0.1) is 0 Å². The fraction of sp³-hybridized carbons (Fsp3) is 0.423. The van der Waals surface area contributed by atoms with Crippen molar-refractivity contribution in [1.29, 1.82) is 0 Å². The fourth-order valence-electron chi connectivity index (χ4n) is 8.98. The Morgan fingerprint density at radius 1 is 0.731 bits per heavy atom. The summed E-state index contributed by atoms with van der Waals surface area (Å²) in [6.07, 6.45) is 3.39. The molecular weight excluding hydrogens is 849 g/mol. The molecule has 0 aliphatic carbocycles. The molecule has 2 saturated heterocycles. The van der Waals surface area contributed by atoms with E-state index in [1.165, 1.54) is 24.7 Å². The zero-order valence-corrected chi connectivity index (χ0v) is 40.0. The van der Waals surface area contributed by atoms with Crippen LogP contribution in [0, 0.1) is 11.8 Å². The summed E-state index contributed by atoms with van der Waals surface area (Å²) < 4.78 is 11.8. The predicted molar refractivity (Wildman–Crippen MR) is 258 cm³/mol. The number of aromatic amines is 1. The molecular formula is C52H64N8O7. The minimum Gasteiger partial charge on any atom is -0.453 e. The number of ether oxygens (including phenoxy) is 2. The van der Waals surface area contributed by atoms with Crippen molar-refractivity contribution < 1.29 is 33.4 Å². The SMILES string of the molecule is COC(=O)N[C@H](C(=O)N(C(=O)[C@@H]1CCCN1)c1ccc(-c2ccc(-c3ccc(-c4cnc([C@@H]5CCCN5C(=O)[C@@H](NC(=O)OC)C(C)C)[nH]4)cc3)n2-c2ccc(C(C)(C)C)cc2)cc1)C(C)C. The number of hydrogen-bond donors (Lipinski definition) is 4. The van der Waals surface area contributed by atoms with Gasteiger partial charge in [-0.25, -0.2) is 19.5 Å². The number of hydrogen-bond acceptors (Lipinski definition) is 9. The fourth-order valence-corrected chi connectivity index (χ4v) is 8.98. The molecule has 4 atom stereocenters. The van der Waals surface area contributed by atoms with Crippen LogP contribution in [-0.2, 0) is 29.3 Å². The molecule has 4 heterocycles. The van der Waals surface area contributed by atoms with Crippen LogP contribution in [0.4, 0.5) is 15.3 Å². The average Bonchev–Trinajstić information content (AvgIpc) is 4.17. The first-order valence-electron chi connectivity index (χ1n) is 23.2. The van der Waals surface area contributed by atoms with Crippen molar-refractivity contribution in [3.8, 4) is 39.5 Å². The molecule has 15 heteroatoms. The summed E-state index contributed by atoms with van der Waals surface area (Å²) in [4.78, 5) is 77.7. The van der Waals surface area contributed by atoms with Crippen molar-refractivity contribution in [3.05, 3.63) is 103 Å². The molecule has 0 saturated carbocycles. The first-order chi connectivity index (χ1) is 32.0. The number of H-pyrrole nitrogens is 1. The van der Waals surface area contributed by atoms with Crippen LogP contribution in [0.3, 0.4) is 0 Å². The first kappa shape index (κ1) is 48.2. The minimum absolute atomic E-state index is 0.0431. The number of nitrogens with one attached hydrogen (secondary N) is 4. The Hall–Kier alpha value is -6.74. The van der Waals surface area contributed by atoms with Crippen LogP contribution in [0.1, 0.15) is 91.6 Å². The van der Waals surface area contributed by atoms with E-state index >= 15 is 0 Å². The van der Waals surface area contributed by atoms with Gasteiger partial charge < -0.3 is 39.9 Å². The quantitative estimate of drug-likeness (QED) is 0.0901. The Labute approximate surface area is 393 Å². The lowest BCUT2D eigenvalue weighted by atomic mass is 9.87. The Balaban J connectivity index is 1.20. The topological polar surface area (TPSA) is 180 Å². The standard InChI is InChI=1S/C52H64N8O7/c1-31(2)44(56-50(64)66-8)48(62)58-29-11-13-43(58)46-54-30-40(55-46)33-14-16-34(17-15-33)41-26-27-42(59(41)37-24-20-36(21-25-37)52(5,6)7)35-18-22-38(23-19-35)60(47(61)39-12-10-28-53-39)49(63)45(32(3)4)57-51(65)67-9/h14-27,30-32,39,43-45,53H,10-13,28-29H2,1-9H3,(H,54,55)(H,56,64)(H,57,65)/t39-,43-,44-,45-/m0/s1. The van der Waals surface area contributed by atoms with Crippen molar-refractivity contribution in [1.82, 2.24) is 35.4 Å². The molecule has 5 amide bonds. The van der Waals surface area contributed by atoms with E-state index in [-0.39, 0.29) is 35.1 Å². The molecule has 2 aromatic heterocycles. The Bertz CT molecular complexity index is 2550. The van der Waals surface area contributed by atoms with Crippen LogP contribution in [0.2, 0.25) is 0 Å². The molecule has 2 aliphatic rings. The number of methoxy groups -OCH3 is 2. The highest BCUT2D eigenvalue weighted by atomic mass is 16.5. The van der Waals surface area contributed by atoms with Crippen molar-refractivity contribution in [2.75, 3.05) is 32.2 Å². The molecule has 3 aromatic carbocycles. The van der Waals surface area contributed by atoms with Gasteiger partial charge in [0.1, 0.15) is 17.9 Å². The molecule has 354 valence electrons. The number of likely N-dealkylation sites (tertiary alicyclic amines) is 1. The van der Waals surface area contributed by atoms with Crippen molar-refractivity contribution in [3.63, 3.8) is 0 Å². The number of aromatic nitrogens is 3. The van der Waals surface area contributed by atoms with E-state index < -0.39 is 36.2 Å². The number of anilines is 1. The lowest BCUT2D eigenvalue weighted by Gasteiger charge is -2.30. The third-order valence-electron chi connectivity index (χ3n) is 12.8. The maximum Gasteiger partial charge on any atom is 0.407 e. The maximum absolute atomic E-state index is 14.2. The van der Waals surface area contributed by atoms with Gasteiger partial charge in [0, 0.05) is 12.2 Å². The number of carbonyl (C=O) groups is 5.